The Balaban J connectivity index is 3.81. The minimum absolute atomic E-state index is 0.0376. The molecule has 0 N–H and O–H groups in total. The van der Waals surface area contributed by atoms with Gasteiger partial charge in [-0.25, -0.2) is 0 Å². The topological polar surface area (TPSA) is 55.8 Å². The minimum Gasteiger partial charge on any atom is -0.321 e. The SMILES string of the molecule is CCCCCCCCOC(=P)ON(C(C)=O)C(=O)CC. The summed E-state index contributed by atoms with van der Waals surface area (Å²) < 4.78 is 5.29. The molecule has 0 radical (unpaired) electrons. The molecule has 0 aliphatic carbocycles. The number of rotatable bonds is 11. The van der Waals surface area contributed by atoms with Crippen LogP contribution in [0.1, 0.15) is 65.7 Å². The van der Waals surface area contributed by atoms with Crippen LogP contribution in [0.2, 0.25) is 0 Å². The van der Waals surface area contributed by atoms with Crippen molar-refractivity contribution in [3.63, 3.8) is 0 Å². The van der Waals surface area contributed by atoms with Crippen molar-refractivity contribution in [2.45, 2.75) is 65.7 Å². The Morgan fingerprint density at radius 2 is 1.65 bits per heavy atom. The van der Waals surface area contributed by atoms with Crippen LogP contribution in [0.5, 0.6) is 0 Å². The predicted octanol–water partition coefficient (Wildman–Crippen LogP) is 3.31. The maximum atomic E-state index is 11.5. The molecule has 0 rings (SSSR count). The van der Waals surface area contributed by atoms with E-state index in [0.29, 0.717) is 11.7 Å². The molecule has 20 heavy (non-hydrogen) atoms. The average molecular weight is 303 g/mol. The highest BCUT2D eigenvalue weighted by atomic mass is 31.0. The van der Waals surface area contributed by atoms with Crippen LogP contribution in [0.15, 0.2) is 0 Å². The summed E-state index contributed by atoms with van der Waals surface area (Å²) in [4.78, 5) is 27.8. The van der Waals surface area contributed by atoms with Crippen molar-refractivity contribution < 1.29 is 19.2 Å². The minimum atomic E-state index is -0.476. The van der Waals surface area contributed by atoms with Crippen molar-refractivity contribution in [3.05, 3.63) is 0 Å². The average Bonchev–Trinajstić information content (AvgIpc) is 2.42. The van der Waals surface area contributed by atoms with E-state index >= 15 is 0 Å². The molecule has 116 valence electrons. The zero-order valence-corrected chi connectivity index (χ0v) is 13.7. The van der Waals surface area contributed by atoms with E-state index in [9.17, 15) is 9.59 Å². The fraction of sp³-hybridized carbons (Fsp3) is 0.786. The van der Waals surface area contributed by atoms with Gasteiger partial charge in [0.25, 0.3) is 11.8 Å². The van der Waals surface area contributed by atoms with E-state index in [4.69, 9.17) is 9.57 Å². The van der Waals surface area contributed by atoms with Gasteiger partial charge < -0.3 is 4.74 Å². The number of imide groups is 1. The number of amides is 2. The molecule has 0 aromatic rings. The Bertz CT molecular complexity index is 320. The van der Waals surface area contributed by atoms with Gasteiger partial charge in [-0.05, 0) is 6.42 Å². The Morgan fingerprint density at radius 3 is 2.20 bits per heavy atom. The molecule has 0 aliphatic rings. The first kappa shape index (κ1) is 19.2. The van der Waals surface area contributed by atoms with E-state index in [1.54, 1.807) is 6.92 Å². The molecule has 0 aliphatic heterocycles. The molecule has 0 spiro atoms. The Morgan fingerprint density at radius 1 is 1.05 bits per heavy atom. The van der Waals surface area contributed by atoms with E-state index < -0.39 is 11.8 Å². The Hall–Kier alpha value is -0.770. The normalized spacial score (nSPS) is 10.3. The fourth-order valence-corrected chi connectivity index (χ4v) is 1.78. The number of hydroxylamine groups is 2. The van der Waals surface area contributed by atoms with Gasteiger partial charge >= 0.3 is 0 Å². The molecule has 0 fully saturated rings. The van der Waals surface area contributed by atoms with Gasteiger partial charge in [-0.2, -0.15) is 4.84 Å². The lowest BCUT2D eigenvalue weighted by atomic mass is 10.1. The first-order valence-corrected chi connectivity index (χ1v) is 7.75. The molecule has 0 bridgehead atoms. The summed E-state index contributed by atoms with van der Waals surface area (Å²) in [6.07, 6.45) is 7.16. The van der Waals surface area contributed by atoms with Crippen molar-refractivity contribution >= 4 is 26.3 Å². The monoisotopic (exact) mass is 303 g/mol. The lowest BCUT2D eigenvalue weighted by Crippen LogP contribution is -2.36. The first-order valence-electron chi connectivity index (χ1n) is 7.25. The highest BCUT2D eigenvalue weighted by Crippen LogP contribution is 2.06. The van der Waals surface area contributed by atoms with Gasteiger partial charge in [-0.3, -0.25) is 9.59 Å². The molecule has 0 heterocycles. The Kier molecular flexibility index (Phi) is 11.5. The summed E-state index contributed by atoms with van der Waals surface area (Å²) in [6, 6.07) is 0. The van der Waals surface area contributed by atoms with Gasteiger partial charge in [0.15, 0.2) is 0 Å². The second-order valence-corrected chi connectivity index (χ2v) is 4.96. The molecule has 5 nitrogen and oxygen atoms in total. The summed E-state index contributed by atoms with van der Waals surface area (Å²) in [5.41, 5.74) is 0.0376. The maximum Gasteiger partial charge on any atom is 0.253 e. The van der Waals surface area contributed by atoms with Gasteiger partial charge in [0.1, 0.15) is 0 Å². The number of hydrogen-bond donors (Lipinski definition) is 0. The summed E-state index contributed by atoms with van der Waals surface area (Å²) in [5, 5.41) is 0.698. The van der Waals surface area contributed by atoms with Crippen LogP contribution in [-0.4, -0.2) is 29.2 Å². The third kappa shape index (κ3) is 9.18. The van der Waals surface area contributed by atoms with E-state index in [1.165, 1.54) is 32.6 Å². The van der Waals surface area contributed by atoms with Crippen molar-refractivity contribution in [1.29, 1.82) is 0 Å². The maximum absolute atomic E-state index is 11.5. The van der Waals surface area contributed by atoms with Gasteiger partial charge in [-0.15, -0.1) is 5.06 Å². The van der Waals surface area contributed by atoms with Crippen LogP contribution < -0.4 is 0 Å². The number of ether oxygens (including phenoxy) is 1. The first-order chi connectivity index (χ1) is 9.52. The highest BCUT2D eigenvalue weighted by molar-refractivity contribution is 7.19. The highest BCUT2D eigenvalue weighted by Gasteiger charge is 2.19. The second-order valence-electron chi connectivity index (χ2n) is 4.56. The van der Waals surface area contributed by atoms with Crippen LogP contribution in [0.25, 0.3) is 0 Å². The quantitative estimate of drug-likeness (QED) is 0.334. The molecule has 0 saturated carbocycles. The second kappa shape index (κ2) is 12.0. The predicted molar refractivity (Wildman–Crippen MR) is 81.6 cm³/mol. The van der Waals surface area contributed by atoms with E-state index in [1.807, 2.05) is 0 Å². The smallest absolute Gasteiger partial charge is 0.253 e. The lowest BCUT2D eigenvalue weighted by molar-refractivity contribution is -0.176. The van der Waals surface area contributed by atoms with Gasteiger partial charge in [-0.1, -0.05) is 54.8 Å². The molecule has 6 heteroatoms. The molecular formula is C14H26NO4P. The number of hydrogen-bond acceptors (Lipinski definition) is 4. The Labute approximate surface area is 123 Å². The third-order valence-corrected chi connectivity index (χ3v) is 2.96. The standard InChI is InChI=1S/C14H26NO4P/c1-4-6-7-8-9-10-11-18-14(20)19-15(12(3)16)13(17)5-2/h20H,4-11H2,1-3H3. The summed E-state index contributed by atoms with van der Waals surface area (Å²) >= 11 is 0. The van der Waals surface area contributed by atoms with Crippen LogP contribution >= 0.6 is 8.86 Å². The molecule has 0 aromatic carbocycles. The van der Waals surface area contributed by atoms with Crippen molar-refractivity contribution in [1.82, 2.24) is 5.06 Å². The van der Waals surface area contributed by atoms with E-state index in [2.05, 4.69) is 15.8 Å². The molecule has 0 saturated heterocycles. The molecule has 0 atom stereocenters. The van der Waals surface area contributed by atoms with Crippen LogP contribution in [-0.2, 0) is 19.2 Å². The molecule has 0 unspecified atom stereocenters. The van der Waals surface area contributed by atoms with Crippen molar-refractivity contribution in [2.24, 2.45) is 0 Å². The largest absolute Gasteiger partial charge is 0.321 e. The fourth-order valence-electron chi connectivity index (χ4n) is 1.59. The summed E-state index contributed by atoms with van der Waals surface area (Å²) in [6.45, 7) is 5.61. The number of carbonyl (C=O) groups is 2. The van der Waals surface area contributed by atoms with E-state index in [-0.39, 0.29) is 12.1 Å². The van der Waals surface area contributed by atoms with Gasteiger partial charge in [0.2, 0.25) is 5.67 Å². The zero-order chi connectivity index (χ0) is 15.4. The van der Waals surface area contributed by atoms with Crippen molar-refractivity contribution in [3.8, 4) is 0 Å². The van der Waals surface area contributed by atoms with Crippen LogP contribution in [0.4, 0.5) is 0 Å². The van der Waals surface area contributed by atoms with E-state index in [0.717, 1.165) is 12.8 Å². The van der Waals surface area contributed by atoms with Crippen LogP contribution in [0.3, 0.4) is 0 Å². The van der Waals surface area contributed by atoms with Gasteiger partial charge in [0.05, 0.1) is 6.61 Å². The summed E-state index contributed by atoms with van der Waals surface area (Å²) in [5.74, 6) is -0.882. The number of nitrogens with zero attached hydrogens (tertiary/aromatic N) is 1. The molecule has 2 amide bonds. The summed E-state index contributed by atoms with van der Waals surface area (Å²) in [7, 11) is 3.12. The van der Waals surface area contributed by atoms with Crippen molar-refractivity contribution in [2.75, 3.05) is 6.61 Å². The zero-order valence-electron chi connectivity index (χ0n) is 12.7. The molecule has 0 aromatic heterocycles. The van der Waals surface area contributed by atoms with Gasteiger partial charge in [0, 0.05) is 13.3 Å². The molecular weight excluding hydrogens is 277 g/mol. The lowest BCUT2D eigenvalue weighted by Gasteiger charge is -2.17. The third-order valence-electron chi connectivity index (χ3n) is 2.72. The number of unbranched alkanes of at least 4 members (excludes halogenated alkanes) is 5. The van der Waals surface area contributed by atoms with Crippen LogP contribution in [0, 0.1) is 0 Å². The number of carbonyl (C=O) groups excluding carboxylic acids is 2.